The van der Waals surface area contributed by atoms with Crippen molar-refractivity contribution in [3.8, 4) is 5.82 Å². The zero-order chi connectivity index (χ0) is 22.8. The number of likely N-dealkylation sites (N-methyl/N-ethyl adjacent to an activating group) is 1. The summed E-state index contributed by atoms with van der Waals surface area (Å²) in [7, 11) is 1.99. The van der Waals surface area contributed by atoms with Gasteiger partial charge in [-0.05, 0) is 63.2 Å². The first-order chi connectivity index (χ1) is 16.1. The van der Waals surface area contributed by atoms with Gasteiger partial charge in [0.15, 0.2) is 0 Å². The number of nitrogens with one attached hydrogen (secondary N) is 2. The monoisotopic (exact) mass is 441 g/mol. The average Bonchev–Trinajstić information content (AvgIpc) is 3.45. The Morgan fingerprint density at radius 1 is 1.12 bits per heavy atom. The predicted octanol–water partition coefficient (Wildman–Crippen LogP) is 4.02. The Morgan fingerprint density at radius 2 is 1.97 bits per heavy atom. The smallest absolute Gasteiger partial charge is 0.241 e. The average molecular weight is 442 g/mol. The molecule has 1 aliphatic heterocycles. The van der Waals surface area contributed by atoms with Crippen LogP contribution in [0.1, 0.15) is 31.4 Å². The van der Waals surface area contributed by atoms with Crippen LogP contribution in [0, 0.1) is 0 Å². The van der Waals surface area contributed by atoms with E-state index < -0.39 is 0 Å². The number of nitrogens with zero attached hydrogens (tertiary/aromatic N) is 5. The van der Waals surface area contributed by atoms with Crippen LogP contribution in [0.15, 0.2) is 67.1 Å². The summed E-state index contributed by atoms with van der Waals surface area (Å²) < 4.78 is 1.92. The summed E-state index contributed by atoms with van der Waals surface area (Å²) in [5.41, 5.74) is 3.61. The second-order valence-electron chi connectivity index (χ2n) is 8.46. The molecular formula is C25H27N7O. The van der Waals surface area contributed by atoms with E-state index in [9.17, 15) is 4.79 Å². The Morgan fingerprint density at radius 3 is 2.76 bits per heavy atom. The molecule has 1 fully saturated rings. The van der Waals surface area contributed by atoms with Crippen LogP contribution in [-0.4, -0.2) is 50.0 Å². The number of rotatable bonds is 6. The molecule has 0 radical (unpaired) electrons. The molecular weight excluding hydrogens is 414 g/mol. The van der Waals surface area contributed by atoms with Gasteiger partial charge in [0.1, 0.15) is 12.1 Å². The van der Waals surface area contributed by atoms with E-state index in [2.05, 4.69) is 49.5 Å². The molecule has 0 spiro atoms. The third kappa shape index (κ3) is 4.42. The van der Waals surface area contributed by atoms with E-state index in [4.69, 9.17) is 0 Å². The first-order valence-electron chi connectivity index (χ1n) is 11.2. The molecule has 3 heterocycles. The molecule has 2 atom stereocenters. The maximum atomic E-state index is 12.6. The Kier molecular flexibility index (Phi) is 5.75. The highest BCUT2D eigenvalue weighted by atomic mass is 16.2. The van der Waals surface area contributed by atoms with Crippen LogP contribution in [0.3, 0.4) is 0 Å². The third-order valence-electron chi connectivity index (χ3n) is 6.17. The number of fused-ring (bicyclic) bond motifs is 1. The van der Waals surface area contributed by atoms with Gasteiger partial charge in [-0.15, -0.1) is 0 Å². The van der Waals surface area contributed by atoms with E-state index in [1.165, 1.54) is 0 Å². The highest BCUT2D eigenvalue weighted by molar-refractivity contribution is 5.96. The fourth-order valence-electron chi connectivity index (χ4n) is 4.31. The van der Waals surface area contributed by atoms with Gasteiger partial charge in [-0.1, -0.05) is 30.3 Å². The largest absolute Gasteiger partial charge is 0.348 e. The summed E-state index contributed by atoms with van der Waals surface area (Å²) in [6.45, 7) is 3.04. The van der Waals surface area contributed by atoms with E-state index in [1.807, 2.05) is 54.1 Å². The summed E-state index contributed by atoms with van der Waals surface area (Å²) in [4.78, 5) is 28.3. The third-order valence-corrected chi connectivity index (χ3v) is 6.17. The lowest BCUT2D eigenvalue weighted by Crippen LogP contribution is -2.37. The van der Waals surface area contributed by atoms with E-state index in [0.717, 1.165) is 47.5 Å². The van der Waals surface area contributed by atoms with Crippen LogP contribution in [0.4, 0.5) is 11.6 Å². The SMILES string of the molecule is CC(Nc1nccc(-n2cnc3cc(NC(=O)C4CCCN4C)ccc32)n1)c1ccccc1. The van der Waals surface area contributed by atoms with Crippen molar-refractivity contribution in [2.75, 3.05) is 24.2 Å². The van der Waals surface area contributed by atoms with Gasteiger partial charge in [0.25, 0.3) is 0 Å². The molecule has 0 bridgehead atoms. The van der Waals surface area contributed by atoms with Crippen LogP contribution in [0.25, 0.3) is 16.9 Å². The minimum atomic E-state index is -0.0662. The zero-order valence-corrected chi connectivity index (χ0v) is 18.8. The number of carbonyl (C=O) groups is 1. The Labute approximate surface area is 192 Å². The molecule has 8 heteroatoms. The minimum Gasteiger partial charge on any atom is -0.348 e. The van der Waals surface area contributed by atoms with Crippen molar-refractivity contribution in [2.45, 2.75) is 31.8 Å². The number of carbonyl (C=O) groups excluding carboxylic acids is 1. The summed E-state index contributed by atoms with van der Waals surface area (Å²) in [6.07, 6.45) is 5.43. The normalized spacial score (nSPS) is 17.2. The quantitative estimate of drug-likeness (QED) is 0.470. The maximum Gasteiger partial charge on any atom is 0.241 e. The second kappa shape index (κ2) is 8.99. The predicted molar refractivity (Wildman–Crippen MR) is 129 cm³/mol. The highest BCUT2D eigenvalue weighted by Gasteiger charge is 2.27. The Hall–Kier alpha value is -3.78. The van der Waals surface area contributed by atoms with Gasteiger partial charge in [0.05, 0.1) is 23.1 Å². The van der Waals surface area contributed by atoms with Crippen molar-refractivity contribution >= 4 is 28.6 Å². The fourth-order valence-corrected chi connectivity index (χ4v) is 4.31. The van der Waals surface area contributed by atoms with Gasteiger partial charge in [0, 0.05) is 11.9 Å². The number of aromatic nitrogens is 4. The summed E-state index contributed by atoms with van der Waals surface area (Å²) >= 11 is 0. The number of benzene rings is 2. The van der Waals surface area contributed by atoms with Gasteiger partial charge in [0.2, 0.25) is 11.9 Å². The lowest BCUT2D eigenvalue weighted by atomic mass is 10.1. The number of hydrogen-bond acceptors (Lipinski definition) is 6. The van der Waals surface area contributed by atoms with Crippen molar-refractivity contribution in [3.63, 3.8) is 0 Å². The van der Waals surface area contributed by atoms with Crippen LogP contribution in [0.2, 0.25) is 0 Å². The van der Waals surface area contributed by atoms with Crippen LogP contribution >= 0.6 is 0 Å². The first-order valence-corrected chi connectivity index (χ1v) is 11.2. The summed E-state index contributed by atoms with van der Waals surface area (Å²) in [5.74, 6) is 1.31. The van der Waals surface area contributed by atoms with Crippen molar-refractivity contribution in [2.24, 2.45) is 0 Å². The molecule has 2 aromatic heterocycles. The molecule has 1 aliphatic rings. The molecule has 8 nitrogen and oxygen atoms in total. The summed E-state index contributed by atoms with van der Waals surface area (Å²) in [6, 6.07) is 17.8. The van der Waals surface area contributed by atoms with Crippen molar-refractivity contribution < 1.29 is 4.79 Å². The van der Waals surface area contributed by atoms with E-state index in [-0.39, 0.29) is 18.0 Å². The first kappa shape index (κ1) is 21.1. The number of imidazole rings is 1. The topological polar surface area (TPSA) is 88.0 Å². The molecule has 1 amide bonds. The molecule has 2 N–H and O–H groups in total. The van der Waals surface area contributed by atoms with Gasteiger partial charge >= 0.3 is 0 Å². The Balaban J connectivity index is 1.35. The molecule has 4 aromatic rings. The molecule has 1 saturated heterocycles. The van der Waals surface area contributed by atoms with Gasteiger partial charge in [-0.25, -0.2) is 9.97 Å². The van der Waals surface area contributed by atoms with Crippen LogP contribution in [-0.2, 0) is 4.79 Å². The molecule has 0 aliphatic carbocycles. The van der Waals surface area contributed by atoms with E-state index in [1.54, 1.807) is 12.5 Å². The van der Waals surface area contributed by atoms with Crippen molar-refractivity contribution in [1.82, 2.24) is 24.4 Å². The fraction of sp³-hybridized carbons (Fsp3) is 0.280. The molecule has 33 heavy (non-hydrogen) atoms. The number of likely N-dealkylation sites (tertiary alicyclic amines) is 1. The maximum absolute atomic E-state index is 12.6. The lowest BCUT2D eigenvalue weighted by Gasteiger charge is -2.18. The highest BCUT2D eigenvalue weighted by Crippen LogP contribution is 2.23. The van der Waals surface area contributed by atoms with Gasteiger partial charge in [-0.2, -0.15) is 4.98 Å². The molecule has 2 unspecified atom stereocenters. The van der Waals surface area contributed by atoms with Crippen molar-refractivity contribution in [3.05, 3.63) is 72.7 Å². The van der Waals surface area contributed by atoms with E-state index in [0.29, 0.717) is 5.95 Å². The lowest BCUT2D eigenvalue weighted by molar-refractivity contribution is -0.119. The van der Waals surface area contributed by atoms with E-state index >= 15 is 0 Å². The zero-order valence-electron chi connectivity index (χ0n) is 18.8. The molecule has 168 valence electrons. The van der Waals surface area contributed by atoms with Crippen molar-refractivity contribution in [1.29, 1.82) is 0 Å². The standard InChI is InChI=1S/C25H27N7O/c1-17(18-7-4-3-5-8-18)28-25-26-13-12-23(30-25)32-16-27-20-15-19(10-11-21(20)32)29-24(33)22-9-6-14-31(22)2/h3-5,7-8,10-13,15-17,22H,6,9,14H2,1-2H3,(H,29,33)(H,26,28,30). The number of amides is 1. The molecule has 0 saturated carbocycles. The minimum absolute atomic E-state index is 0.0350. The number of anilines is 2. The second-order valence-corrected chi connectivity index (χ2v) is 8.46. The summed E-state index contributed by atoms with van der Waals surface area (Å²) in [5, 5.41) is 6.40. The van der Waals surface area contributed by atoms with Gasteiger partial charge in [-0.3, -0.25) is 14.3 Å². The van der Waals surface area contributed by atoms with Gasteiger partial charge < -0.3 is 10.6 Å². The van der Waals surface area contributed by atoms with Crippen LogP contribution < -0.4 is 10.6 Å². The molecule has 2 aromatic carbocycles. The van der Waals surface area contributed by atoms with Crippen LogP contribution in [0.5, 0.6) is 0 Å². The number of hydrogen-bond donors (Lipinski definition) is 2. The Bertz CT molecular complexity index is 1270. The molecule has 5 rings (SSSR count).